The van der Waals surface area contributed by atoms with E-state index in [-0.39, 0.29) is 11.5 Å². The summed E-state index contributed by atoms with van der Waals surface area (Å²) in [5, 5.41) is 11.9. The molecule has 0 aromatic carbocycles. The van der Waals surface area contributed by atoms with Crippen LogP contribution in [0.4, 0.5) is 5.13 Å². The summed E-state index contributed by atoms with van der Waals surface area (Å²) in [7, 11) is 0. The van der Waals surface area contributed by atoms with E-state index in [1.165, 1.54) is 13.0 Å². The number of carboxylic acids is 1. The van der Waals surface area contributed by atoms with E-state index in [9.17, 15) is 9.59 Å². The van der Waals surface area contributed by atoms with Gasteiger partial charge in [0.15, 0.2) is 10.8 Å². The van der Waals surface area contributed by atoms with Gasteiger partial charge in [-0.3, -0.25) is 4.79 Å². The summed E-state index contributed by atoms with van der Waals surface area (Å²) in [5.74, 6) is -1.28. The van der Waals surface area contributed by atoms with Gasteiger partial charge in [0.2, 0.25) is 5.91 Å². The molecule has 0 fully saturated rings. The van der Waals surface area contributed by atoms with Gasteiger partial charge in [0.05, 0.1) is 10.3 Å². The van der Waals surface area contributed by atoms with Gasteiger partial charge in [-0.15, -0.1) is 0 Å². The first kappa shape index (κ1) is 11.5. The summed E-state index contributed by atoms with van der Waals surface area (Å²) in [6.07, 6.45) is 0. The second-order valence-electron chi connectivity index (χ2n) is 3.47. The van der Waals surface area contributed by atoms with Gasteiger partial charge in [0.25, 0.3) is 0 Å². The lowest BCUT2D eigenvalue weighted by Crippen LogP contribution is -2.04. The maximum atomic E-state index is 11.1. The molecule has 2 N–H and O–H groups in total. The van der Waals surface area contributed by atoms with E-state index in [2.05, 4.69) is 15.3 Å². The lowest BCUT2D eigenvalue weighted by Gasteiger charge is -1.96. The first-order valence-electron chi connectivity index (χ1n) is 4.76. The number of aromatic nitrogens is 2. The topological polar surface area (TPSA) is 92.2 Å². The smallest absolute Gasteiger partial charge is 0.337 e. The van der Waals surface area contributed by atoms with Crippen molar-refractivity contribution in [2.75, 3.05) is 5.32 Å². The highest BCUT2D eigenvalue weighted by atomic mass is 32.1. The van der Waals surface area contributed by atoms with E-state index < -0.39 is 5.97 Å². The van der Waals surface area contributed by atoms with Crippen LogP contribution in [0.25, 0.3) is 10.3 Å². The predicted molar refractivity (Wildman–Crippen MR) is 63.4 cm³/mol. The van der Waals surface area contributed by atoms with Crippen molar-refractivity contribution in [3.05, 3.63) is 17.3 Å². The minimum absolute atomic E-state index is 0.154. The number of pyridine rings is 1. The van der Waals surface area contributed by atoms with Gasteiger partial charge in [-0.25, -0.2) is 9.78 Å². The molecule has 2 aromatic rings. The Balaban J connectivity index is 2.63. The standard InChI is InChI=1S/C10H9N3O3S/c1-4-3-6(9(15)16)7-8(11-4)13-10(17-7)12-5(2)14/h3H,1-2H3,(H,15,16)(H,11,12,13,14). The molecule has 2 heterocycles. The normalized spacial score (nSPS) is 10.5. The summed E-state index contributed by atoms with van der Waals surface area (Å²) in [5.41, 5.74) is 1.08. The van der Waals surface area contributed by atoms with E-state index >= 15 is 0 Å². The van der Waals surface area contributed by atoms with Crippen molar-refractivity contribution in [3.63, 3.8) is 0 Å². The second-order valence-corrected chi connectivity index (χ2v) is 4.47. The molecule has 0 saturated heterocycles. The molecule has 2 rings (SSSR count). The Kier molecular flexibility index (Phi) is 2.76. The minimum Gasteiger partial charge on any atom is -0.478 e. The maximum absolute atomic E-state index is 11.1. The molecule has 6 nitrogen and oxygen atoms in total. The Morgan fingerprint density at radius 2 is 2.12 bits per heavy atom. The van der Waals surface area contributed by atoms with Crippen molar-refractivity contribution in [1.82, 2.24) is 9.97 Å². The fourth-order valence-electron chi connectivity index (χ4n) is 1.40. The third-order valence-corrected chi connectivity index (χ3v) is 3.00. The number of rotatable bonds is 2. The fraction of sp³-hybridized carbons (Fsp3) is 0.200. The second kappa shape index (κ2) is 4.10. The third kappa shape index (κ3) is 2.23. The van der Waals surface area contributed by atoms with Crippen molar-refractivity contribution in [2.45, 2.75) is 13.8 Å². The molecule has 1 amide bonds. The summed E-state index contributed by atoms with van der Waals surface area (Å²) in [4.78, 5) is 30.2. The number of carboxylic acid groups (broad SMARTS) is 1. The van der Waals surface area contributed by atoms with E-state index in [1.807, 2.05) is 0 Å². The number of carbonyl (C=O) groups excluding carboxylic acids is 1. The minimum atomic E-state index is -1.03. The van der Waals surface area contributed by atoms with Crippen LogP contribution >= 0.6 is 11.3 Å². The quantitative estimate of drug-likeness (QED) is 0.846. The number of aryl methyl sites for hydroxylation is 1. The SMILES string of the molecule is CC(=O)Nc1nc2nc(C)cc(C(=O)O)c2s1. The molecule has 0 aliphatic rings. The largest absolute Gasteiger partial charge is 0.478 e. The Morgan fingerprint density at radius 3 is 2.71 bits per heavy atom. The summed E-state index contributed by atoms with van der Waals surface area (Å²) in [6, 6.07) is 1.49. The maximum Gasteiger partial charge on any atom is 0.337 e. The van der Waals surface area contributed by atoms with Gasteiger partial charge in [-0.2, -0.15) is 4.98 Å². The zero-order valence-corrected chi connectivity index (χ0v) is 9.96. The van der Waals surface area contributed by atoms with E-state index in [4.69, 9.17) is 5.11 Å². The Labute approximate surface area is 100 Å². The zero-order valence-electron chi connectivity index (χ0n) is 9.14. The number of thiazole rings is 1. The molecule has 0 saturated carbocycles. The molecule has 0 aliphatic carbocycles. The fourth-order valence-corrected chi connectivity index (χ4v) is 2.36. The number of amides is 1. The van der Waals surface area contributed by atoms with Crippen LogP contribution in [-0.4, -0.2) is 27.0 Å². The highest BCUT2D eigenvalue weighted by Gasteiger charge is 2.15. The number of fused-ring (bicyclic) bond motifs is 1. The Morgan fingerprint density at radius 1 is 1.41 bits per heavy atom. The summed E-state index contributed by atoms with van der Waals surface area (Å²) < 4.78 is 0.465. The van der Waals surface area contributed by atoms with Crippen LogP contribution < -0.4 is 5.32 Å². The van der Waals surface area contributed by atoms with Gasteiger partial charge in [0, 0.05) is 12.6 Å². The number of nitrogens with one attached hydrogen (secondary N) is 1. The molecule has 2 aromatic heterocycles. The zero-order chi connectivity index (χ0) is 12.6. The summed E-state index contributed by atoms with van der Waals surface area (Å²) in [6.45, 7) is 3.06. The molecule has 0 atom stereocenters. The highest BCUT2D eigenvalue weighted by Crippen LogP contribution is 2.28. The van der Waals surface area contributed by atoms with E-state index in [0.29, 0.717) is 21.2 Å². The first-order chi connectivity index (χ1) is 7.97. The van der Waals surface area contributed by atoms with Crippen LogP contribution in [0.15, 0.2) is 6.07 Å². The van der Waals surface area contributed by atoms with Gasteiger partial charge in [-0.1, -0.05) is 11.3 Å². The molecule has 0 unspecified atom stereocenters. The van der Waals surface area contributed by atoms with Crippen molar-refractivity contribution < 1.29 is 14.7 Å². The van der Waals surface area contributed by atoms with Gasteiger partial charge in [-0.05, 0) is 13.0 Å². The molecule has 0 aliphatic heterocycles. The van der Waals surface area contributed by atoms with Crippen molar-refractivity contribution >= 4 is 38.7 Å². The monoisotopic (exact) mass is 251 g/mol. The van der Waals surface area contributed by atoms with Crippen LogP contribution in [-0.2, 0) is 4.79 Å². The number of hydrogen-bond acceptors (Lipinski definition) is 5. The molecule has 0 bridgehead atoms. The lowest BCUT2D eigenvalue weighted by atomic mass is 10.2. The average Bonchev–Trinajstić information content (AvgIpc) is 2.56. The van der Waals surface area contributed by atoms with E-state index in [1.54, 1.807) is 6.92 Å². The molecule has 0 spiro atoms. The molecular formula is C10H9N3O3S. The predicted octanol–water partition coefficient (Wildman–Crippen LogP) is 1.66. The molecule has 7 heteroatoms. The average molecular weight is 251 g/mol. The van der Waals surface area contributed by atoms with Crippen molar-refractivity contribution in [2.24, 2.45) is 0 Å². The van der Waals surface area contributed by atoms with E-state index in [0.717, 1.165) is 11.3 Å². The van der Waals surface area contributed by atoms with Crippen LogP contribution in [0.1, 0.15) is 23.0 Å². The van der Waals surface area contributed by atoms with Gasteiger partial charge >= 0.3 is 5.97 Å². The summed E-state index contributed by atoms with van der Waals surface area (Å²) >= 11 is 1.10. The Bertz CT molecular complexity index is 621. The molecular weight excluding hydrogens is 242 g/mol. The first-order valence-corrected chi connectivity index (χ1v) is 5.58. The van der Waals surface area contributed by atoms with Crippen LogP contribution in [0.3, 0.4) is 0 Å². The number of hydrogen-bond donors (Lipinski definition) is 2. The van der Waals surface area contributed by atoms with Crippen LogP contribution in [0.5, 0.6) is 0 Å². The van der Waals surface area contributed by atoms with Crippen LogP contribution in [0, 0.1) is 6.92 Å². The third-order valence-electron chi connectivity index (χ3n) is 2.00. The van der Waals surface area contributed by atoms with Crippen molar-refractivity contribution in [3.8, 4) is 0 Å². The van der Waals surface area contributed by atoms with Crippen molar-refractivity contribution in [1.29, 1.82) is 0 Å². The molecule has 17 heavy (non-hydrogen) atoms. The van der Waals surface area contributed by atoms with Crippen LogP contribution in [0.2, 0.25) is 0 Å². The number of anilines is 1. The Hall–Kier alpha value is -2.02. The number of carbonyl (C=O) groups is 2. The molecule has 88 valence electrons. The van der Waals surface area contributed by atoms with Gasteiger partial charge < -0.3 is 10.4 Å². The molecule has 0 radical (unpaired) electrons. The highest BCUT2D eigenvalue weighted by molar-refractivity contribution is 7.22. The number of aromatic carboxylic acids is 1. The lowest BCUT2D eigenvalue weighted by molar-refractivity contribution is -0.114. The number of nitrogens with zero attached hydrogens (tertiary/aromatic N) is 2. The van der Waals surface area contributed by atoms with Gasteiger partial charge in [0.1, 0.15) is 0 Å².